The van der Waals surface area contributed by atoms with Gasteiger partial charge < -0.3 is 8.57 Å². The molecule has 0 heterocycles. The van der Waals surface area contributed by atoms with Crippen LogP contribution in [0.3, 0.4) is 0 Å². The highest BCUT2D eigenvalue weighted by atomic mass is 32.1. The predicted molar refractivity (Wildman–Crippen MR) is 35.9 cm³/mol. The molecule has 0 aromatic rings. The van der Waals surface area contributed by atoms with Gasteiger partial charge in [-0.1, -0.05) is 19.4 Å². The van der Waals surface area contributed by atoms with E-state index in [2.05, 4.69) is 11.3 Å². The van der Waals surface area contributed by atoms with Crippen molar-refractivity contribution < 1.29 is 4.21 Å². The molecule has 0 aromatic carbocycles. The number of hydrogen-bond acceptors (Lipinski definition) is 3. The van der Waals surface area contributed by atoms with Gasteiger partial charge in [-0.2, -0.15) is 11.5 Å². The van der Waals surface area contributed by atoms with Gasteiger partial charge in [0.05, 0.1) is 0 Å². The van der Waals surface area contributed by atoms with E-state index < -0.39 is 0 Å². The van der Waals surface area contributed by atoms with Crippen molar-refractivity contribution in [1.82, 2.24) is 0 Å². The zero-order chi connectivity index (χ0) is 6.24. The molecule has 48 valence electrons. The first-order valence-corrected chi connectivity index (χ1v) is 3.35. The number of rotatable bonds is 3. The van der Waals surface area contributed by atoms with Crippen LogP contribution < -0.4 is 0 Å². The largest absolute Gasteiger partial charge is 0.447 e. The van der Waals surface area contributed by atoms with Gasteiger partial charge >= 0.3 is 0 Å². The fourth-order valence-electron chi connectivity index (χ4n) is 0.316. The van der Waals surface area contributed by atoms with Gasteiger partial charge in [-0.15, -0.1) is 0 Å². The van der Waals surface area contributed by atoms with Crippen molar-refractivity contribution in [3.63, 3.8) is 0 Å². The molecule has 2 nitrogen and oxygen atoms in total. The van der Waals surface area contributed by atoms with Crippen LogP contribution in [0.25, 0.3) is 0 Å². The van der Waals surface area contributed by atoms with E-state index in [-0.39, 0.29) is 11.5 Å². The van der Waals surface area contributed by atoms with E-state index in [1.165, 1.54) is 0 Å². The summed E-state index contributed by atoms with van der Waals surface area (Å²) in [5.74, 6) is 0. The van der Waals surface area contributed by atoms with Gasteiger partial charge in [-0.25, -0.2) is 0 Å². The zero-order valence-electron chi connectivity index (χ0n) is 4.87. The Balaban J connectivity index is 3.20. The summed E-state index contributed by atoms with van der Waals surface area (Å²) < 4.78 is 13.1. The second-order valence-corrected chi connectivity index (χ2v) is 1.76. The van der Waals surface area contributed by atoms with Crippen molar-refractivity contribution in [2.24, 2.45) is 4.36 Å². The summed E-state index contributed by atoms with van der Waals surface area (Å²) in [6.07, 6.45) is 5.59. The molecular weight excluding hydrogens is 122 g/mol. The summed E-state index contributed by atoms with van der Waals surface area (Å²) in [7, 11) is 0. The van der Waals surface area contributed by atoms with E-state index in [4.69, 9.17) is 0 Å². The first-order valence-electron chi connectivity index (χ1n) is 2.59. The highest BCUT2D eigenvalue weighted by molar-refractivity contribution is 7.54. The predicted octanol–water partition coefficient (Wildman–Crippen LogP) is 1.64. The van der Waals surface area contributed by atoms with E-state index in [9.17, 15) is 4.21 Å². The number of nitrogens with zero attached hydrogens (tertiary/aromatic N) is 1. The molecule has 0 unspecified atom stereocenters. The van der Waals surface area contributed by atoms with Gasteiger partial charge in [0.1, 0.15) is 0 Å². The quantitative estimate of drug-likeness (QED) is 0.424. The van der Waals surface area contributed by atoms with Crippen molar-refractivity contribution in [2.45, 2.75) is 19.8 Å². The molecule has 0 fully saturated rings. The Kier molecular flexibility index (Phi) is 6.43. The summed E-state index contributed by atoms with van der Waals surface area (Å²) in [5.41, 5.74) is 0. The lowest BCUT2D eigenvalue weighted by molar-refractivity contribution is 0.609. The van der Waals surface area contributed by atoms with E-state index in [0.717, 1.165) is 12.8 Å². The topological polar surface area (TPSA) is 29.4 Å². The first-order chi connectivity index (χ1) is 3.91. The van der Waals surface area contributed by atoms with Crippen LogP contribution in [0.2, 0.25) is 0 Å². The van der Waals surface area contributed by atoms with Crippen LogP contribution in [-0.2, 0) is 15.7 Å². The number of allylic oxidation sites excluding steroid dienone is 1. The third-order valence-corrected chi connectivity index (χ3v) is 0.902. The molecule has 0 rings (SSSR count). The minimum atomic E-state index is -0.151. The SMILES string of the molecule is CCC/C=C/N=[SH-]=O. The molecule has 0 amide bonds. The minimum Gasteiger partial charge on any atom is -0.447 e. The van der Waals surface area contributed by atoms with Gasteiger partial charge in [0.15, 0.2) is 0 Å². The van der Waals surface area contributed by atoms with Crippen molar-refractivity contribution in [3.05, 3.63) is 12.3 Å². The lowest BCUT2D eigenvalue weighted by Crippen LogP contribution is -1.57. The van der Waals surface area contributed by atoms with E-state index in [1.807, 2.05) is 6.08 Å². The molecule has 0 atom stereocenters. The molecule has 0 aromatic heterocycles. The highest BCUT2D eigenvalue weighted by Crippen LogP contribution is 1.87. The molecular formula is C5H10NOS-. The Labute approximate surface area is 52.9 Å². The van der Waals surface area contributed by atoms with Crippen molar-refractivity contribution in [2.75, 3.05) is 0 Å². The van der Waals surface area contributed by atoms with Gasteiger partial charge in [-0.3, -0.25) is 0 Å². The number of thiol groups is 1. The zero-order valence-corrected chi connectivity index (χ0v) is 5.77. The highest BCUT2D eigenvalue weighted by Gasteiger charge is 1.66. The van der Waals surface area contributed by atoms with Crippen molar-refractivity contribution in [3.8, 4) is 0 Å². The Hall–Kier alpha value is -0.310. The number of hydrogen-bond donors (Lipinski definition) is 0. The summed E-state index contributed by atoms with van der Waals surface area (Å²) in [4.78, 5) is 0. The molecule has 0 aliphatic heterocycles. The average molecular weight is 132 g/mol. The maximum atomic E-state index is 9.65. The number of unbranched alkanes of at least 4 members (excludes halogenated alkanes) is 1. The van der Waals surface area contributed by atoms with Crippen molar-refractivity contribution >= 4 is 11.5 Å². The molecule has 0 saturated carbocycles. The van der Waals surface area contributed by atoms with Crippen LogP contribution in [0.5, 0.6) is 0 Å². The summed E-state index contributed by atoms with van der Waals surface area (Å²) >= 11 is -0.151. The molecule has 0 saturated heterocycles. The van der Waals surface area contributed by atoms with E-state index in [1.54, 1.807) is 6.20 Å². The third-order valence-electron chi connectivity index (χ3n) is 0.675. The smallest absolute Gasteiger partial charge is 0.00527 e. The Bertz CT molecular complexity index is 116. The van der Waals surface area contributed by atoms with Gasteiger partial charge in [0.2, 0.25) is 0 Å². The summed E-state index contributed by atoms with van der Waals surface area (Å²) in [6.45, 7) is 2.08. The second-order valence-electron chi connectivity index (χ2n) is 1.37. The molecule has 0 aliphatic rings. The van der Waals surface area contributed by atoms with Crippen LogP contribution in [0, 0.1) is 0 Å². The third kappa shape index (κ3) is 5.69. The monoisotopic (exact) mass is 132 g/mol. The molecule has 8 heavy (non-hydrogen) atoms. The molecule has 0 spiro atoms. The van der Waals surface area contributed by atoms with Gasteiger partial charge in [-0.05, 0) is 12.6 Å². The Morgan fingerprint density at radius 2 is 2.50 bits per heavy atom. The fourth-order valence-corrected chi connectivity index (χ4v) is 0.464. The maximum Gasteiger partial charge on any atom is -0.00527 e. The Morgan fingerprint density at radius 1 is 1.75 bits per heavy atom. The lowest BCUT2D eigenvalue weighted by Gasteiger charge is -1.80. The van der Waals surface area contributed by atoms with Crippen molar-refractivity contribution in [1.29, 1.82) is 0 Å². The molecule has 3 heteroatoms. The van der Waals surface area contributed by atoms with Crippen LogP contribution in [0.4, 0.5) is 0 Å². The van der Waals surface area contributed by atoms with E-state index >= 15 is 0 Å². The van der Waals surface area contributed by atoms with Crippen LogP contribution in [0.15, 0.2) is 16.6 Å². The van der Waals surface area contributed by atoms with Crippen LogP contribution >= 0.6 is 0 Å². The molecule has 0 N–H and O–H groups in total. The average Bonchev–Trinajstić information content (AvgIpc) is 1.81. The van der Waals surface area contributed by atoms with Gasteiger partial charge in [0, 0.05) is 0 Å². The molecule has 0 bridgehead atoms. The van der Waals surface area contributed by atoms with Crippen LogP contribution in [-0.4, -0.2) is 0 Å². The minimum absolute atomic E-state index is 0.151. The summed E-state index contributed by atoms with van der Waals surface area (Å²) in [5, 5.41) is 0. The standard InChI is InChI=1S/C5H10NOS/c1-2-3-4-5-6-8-7/h4-5,8H,2-3H2,1H3/q-1/b5-4+. The fraction of sp³-hybridized carbons (Fsp3) is 0.600. The van der Waals surface area contributed by atoms with Gasteiger partial charge in [0.25, 0.3) is 0 Å². The first kappa shape index (κ1) is 7.69. The molecule has 0 aliphatic carbocycles. The summed E-state index contributed by atoms with van der Waals surface area (Å²) in [6, 6.07) is 0. The normalized spacial score (nSPS) is 10.1. The van der Waals surface area contributed by atoms with Crippen LogP contribution in [0.1, 0.15) is 19.8 Å². The lowest BCUT2D eigenvalue weighted by atomic mass is 10.3. The Morgan fingerprint density at radius 3 is 3.00 bits per heavy atom. The molecule has 0 radical (unpaired) electrons. The second kappa shape index (κ2) is 6.69. The van der Waals surface area contributed by atoms with E-state index in [0.29, 0.717) is 0 Å². The maximum absolute atomic E-state index is 9.65.